The zero-order chi connectivity index (χ0) is 17.6. The minimum Gasteiger partial charge on any atom is -0.327 e. The number of alkyl halides is 3. The van der Waals surface area contributed by atoms with Crippen LogP contribution in [-0.2, 0) is 6.18 Å². The Morgan fingerprint density at radius 2 is 2.00 bits per heavy atom. The van der Waals surface area contributed by atoms with E-state index < -0.39 is 11.9 Å². The smallest absolute Gasteiger partial charge is 0.327 e. The minimum absolute atomic E-state index is 0.132. The third kappa shape index (κ3) is 3.16. The number of allylic oxidation sites excluding steroid dienone is 1. The summed E-state index contributed by atoms with van der Waals surface area (Å²) in [7, 11) is 0. The number of nitrogens with zero attached hydrogens (tertiary/aromatic N) is 5. The fraction of sp³-hybridized carbons (Fsp3) is 0.353. The molecule has 0 atom stereocenters. The van der Waals surface area contributed by atoms with Gasteiger partial charge in [0, 0.05) is 23.5 Å². The summed E-state index contributed by atoms with van der Waals surface area (Å²) in [5.41, 5.74) is 1.48. The summed E-state index contributed by atoms with van der Waals surface area (Å²) in [6, 6.07) is 4.64. The first kappa shape index (κ1) is 15.9. The molecule has 8 heteroatoms. The largest absolute Gasteiger partial charge is 0.435 e. The Hall–Kier alpha value is -2.64. The van der Waals surface area contributed by atoms with Crippen LogP contribution in [0.25, 0.3) is 5.82 Å². The summed E-state index contributed by atoms with van der Waals surface area (Å²) >= 11 is 0. The third-order valence-corrected chi connectivity index (χ3v) is 4.27. The van der Waals surface area contributed by atoms with Crippen LogP contribution in [-0.4, -0.2) is 27.1 Å². The molecule has 0 spiro atoms. The number of halogens is 3. The highest BCUT2D eigenvalue weighted by Gasteiger charge is 2.38. The Kier molecular flexibility index (Phi) is 3.63. The molecule has 1 aliphatic carbocycles. The standard InChI is InChI=1S/C17H16F3N5/c1-11-6-7-24(10-22-11)13-4-5-16(21-9-13)25-14(12-2-3-12)8-15(23-25)17(18,19)20/h4-9,12H,2-3,10H2,1H3. The van der Waals surface area contributed by atoms with Gasteiger partial charge < -0.3 is 4.90 Å². The highest BCUT2D eigenvalue weighted by Crippen LogP contribution is 2.42. The van der Waals surface area contributed by atoms with Crippen LogP contribution in [0.5, 0.6) is 0 Å². The average molecular weight is 347 g/mol. The van der Waals surface area contributed by atoms with Crippen molar-refractivity contribution in [1.82, 2.24) is 14.8 Å². The van der Waals surface area contributed by atoms with Gasteiger partial charge in [0.25, 0.3) is 0 Å². The maximum Gasteiger partial charge on any atom is 0.435 e. The van der Waals surface area contributed by atoms with Gasteiger partial charge in [0.2, 0.25) is 0 Å². The number of rotatable bonds is 3. The molecule has 2 aromatic rings. The Morgan fingerprint density at radius 3 is 2.56 bits per heavy atom. The summed E-state index contributed by atoms with van der Waals surface area (Å²) in [6.07, 6.45) is 2.74. The average Bonchev–Trinajstić information content (AvgIpc) is 3.33. The normalized spacial score (nSPS) is 17.8. The molecule has 25 heavy (non-hydrogen) atoms. The molecule has 0 unspecified atom stereocenters. The van der Waals surface area contributed by atoms with Crippen LogP contribution in [0.3, 0.4) is 0 Å². The molecule has 5 nitrogen and oxygen atoms in total. The van der Waals surface area contributed by atoms with Crippen molar-refractivity contribution in [2.75, 3.05) is 11.6 Å². The maximum absolute atomic E-state index is 13.0. The van der Waals surface area contributed by atoms with Crippen LogP contribution in [0, 0.1) is 0 Å². The second kappa shape index (κ2) is 5.72. The van der Waals surface area contributed by atoms with Crippen LogP contribution in [0.15, 0.2) is 41.7 Å². The molecule has 0 amide bonds. The molecule has 3 heterocycles. The number of hydrogen-bond acceptors (Lipinski definition) is 4. The van der Waals surface area contributed by atoms with E-state index in [9.17, 15) is 13.2 Å². The predicted molar refractivity (Wildman–Crippen MR) is 87.9 cm³/mol. The van der Waals surface area contributed by atoms with Gasteiger partial charge in [0.1, 0.15) is 6.67 Å². The zero-order valence-electron chi connectivity index (χ0n) is 13.5. The van der Waals surface area contributed by atoms with E-state index in [2.05, 4.69) is 15.1 Å². The molecule has 130 valence electrons. The summed E-state index contributed by atoms with van der Waals surface area (Å²) in [6.45, 7) is 2.42. The van der Waals surface area contributed by atoms with E-state index in [0.717, 1.165) is 30.3 Å². The van der Waals surface area contributed by atoms with Crippen LogP contribution in [0.1, 0.15) is 37.1 Å². The summed E-state index contributed by atoms with van der Waals surface area (Å²) in [5, 5.41) is 3.74. The summed E-state index contributed by atoms with van der Waals surface area (Å²) in [5.74, 6) is 0.522. The summed E-state index contributed by atoms with van der Waals surface area (Å²) < 4.78 is 40.3. The van der Waals surface area contributed by atoms with Crippen molar-refractivity contribution in [3.8, 4) is 5.82 Å². The first-order chi connectivity index (χ1) is 11.9. The second-order valence-corrected chi connectivity index (χ2v) is 6.24. The van der Waals surface area contributed by atoms with E-state index in [1.165, 1.54) is 4.68 Å². The van der Waals surface area contributed by atoms with Crippen molar-refractivity contribution >= 4 is 11.4 Å². The van der Waals surface area contributed by atoms with Crippen molar-refractivity contribution in [3.63, 3.8) is 0 Å². The Bertz CT molecular complexity index is 844. The van der Waals surface area contributed by atoms with Gasteiger partial charge in [-0.1, -0.05) is 0 Å². The van der Waals surface area contributed by atoms with Crippen LogP contribution in [0.4, 0.5) is 18.9 Å². The fourth-order valence-electron chi connectivity index (χ4n) is 2.71. The van der Waals surface area contributed by atoms with Gasteiger partial charge in [0.05, 0.1) is 11.9 Å². The van der Waals surface area contributed by atoms with Crippen LogP contribution >= 0.6 is 0 Å². The molecule has 2 aromatic heterocycles. The quantitative estimate of drug-likeness (QED) is 0.846. The van der Waals surface area contributed by atoms with Crippen molar-refractivity contribution in [3.05, 3.63) is 48.1 Å². The maximum atomic E-state index is 13.0. The predicted octanol–water partition coefficient (Wildman–Crippen LogP) is 3.92. The van der Waals surface area contributed by atoms with E-state index in [0.29, 0.717) is 18.2 Å². The lowest BCUT2D eigenvalue weighted by Gasteiger charge is -2.21. The molecule has 0 N–H and O–H groups in total. The Morgan fingerprint density at radius 1 is 1.20 bits per heavy atom. The molecular weight excluding hydrogens is 331 g/mol. The molecule has 4 rings (SSSR count). The monoisotopic (exact) mass is 347 g/mol. The van der Waals surface area contributed by atoms with Crippen molar-refractivity contribution in [2.24, 2.45) is 4.99 Å². The lowest BCUT2D eigenvalue weighted by atomic mass is 10.2. The molecular formula is C17H16F3N5. The van der Waals surface area contributed by atoms with Gasteiger partial charge in [-0.2, -0.15) is 18.3 Å². The molecule has 1 fully saturated rings. The van der Waals surface area contributed by atoms with Crippen LogP contribution in [0.2, 0.25) is 0 Å². The van der Waals surface area contributed by atoms with Crippen molar-refractivity contribution in [2.45, 2.75) is 31.9 Å². The SMILES string of the molecule is CC1=NCN(c2ccc(-n3nc(C(F)(F)F)cc3C3CC3)nc2)C=C1. The van der Waals surface area contributed by atoms with E-state index in [4.69, 9.17) is 0 Å². The van der Waals surface area contributed by atoms with E-state index >= 15 is 0 Å². The molecule has 0 radical (unpaired) electrons. The minimum atomic E-state index is -4.46. The van der Waals surface area contributed by atoms with E-state index in [-0.39, 0.29) is 5.92 Å². The lowest BCUT2D eigenvalue weighted by molar-refractivity contribution is -0.141. The molecule has 1 saturated carbocycles. The highest BCUT2D eigenvalue weighted by atomic mass is 19.4. The molecule has 0 aromatic carbocycles. The number of aliphatic imine (C=N–C) groups is 1. The first-order valence-electron chi connectivity index (χ1n) is 8.01. The molecule has 0 saturated heterocycles. The van der Waals surface area contributed by atoms with Gasteiger partial charge in [-0.05, 0) is 44.0 Å². The Labute approximate surface area is 142 Å². The van der Waals surface area contributed by atoms with Gasteiger partial charge >= 0.3 is 6.18 Å². The van der Waals surface area contributed by atoms with Gasteiger partial charge in [0.15, 0.2) is 11.5 Å². The number of hydrogen-bond donors (Lipinski definition) is 0. The van der Waals surface area contributed by atoms with Gasteiger partial charge in [-0.3, -0.25) is 4.99 Å². The summed E-state index contributed by atoms with van der Waals surface area (Å²) in [4.78, 5) is 10.6. The number of anilines is 1. The van der Waals surface area contributed by atoms with Gasteiger partial charge in [-0.25, -0.2) is 9.67 Å². The zero-order valence-corrected chi connectivity index (χ0v) is 13.5. The second-order valence-electron chi connectivity index (χ2n) is 6.24. The highest BCUT2D eigenvalue weighted by molar-refractivity contribution is 5.94. The number of pyridine rings is 1. The van der Waals surface area contributed by atoms with Gasteiger partial charge in [-0.15, -0.1) is 0 Å². The Balaban J connectivity index is 1.64. The number of aromatic nitrogens is 3. The first-order valence-corrected chi connectivity index (χ1v) is 8.01. The van der Waals surface area contributed by atoms with Crippen molar-refractivity contribution < 1.29 is 13.2 Å². The molecule has 1 aliphatic heterocycles. The lowest BCUT2D eigenvalue weighted by Crippen LogP contribution is -2.20. The topological polar surface area (TPSA) is 46.3 Å². The van der Waals surface area contributed by atoms with Crippen LogP contribution < -0.4 is 4.90 Å². The van der Waals surface area contributed by atoms with E-state index in [1.54, 1.807) is 12.3 Å². The third-order valence-electron chi connectivity index (χ3n) is 4.27. The van der Waals surface area contributed by atoms with Crippen molar-refractivity contribution in [1.29, 1.82) is 0 Å². The molecule has 0 bridgehead atoms. The van der Waals surface area contributed by atoms with E-state index in [1.807, 2.05) is 30.2 Å². The fourth-order valence-corrected chi connectivity index (χ4v) is 2.71. The molecule has 2 aliphatic rings.